The van der Waals surface area contributed by atoms with Crippen LogP contribution in [0.3, 0.4) is 0 Å². The molecule has 130 heavy (non-hydrogen) atoms. The average molecular weight is 1850 g/mol. The van der Waals surface area contributed by atoms with Crippen molar-refractivity contribution in [3.8, 4) is 0 Å². The van der Waals surface area contributed by atoms with E-state index in [1.165, 1.54) is 41.5 Å². The lowest BCUT2D eigenvalue weighted by atomic mass is 9.96. The average Bonchev–Trinajstić information content (AvgIpc) is 1.78. The van der Waals surface area contributed by atoms with Crippen molar-refractivity contribution in [1.82, 2.24) is 84.7 Å². The molecule has 32 N–H and O–H groups in total. The summed E-state index contributed by atoms with van der Waals surface area (Å²) < 4.78 is 0. The van der Waals surface area contributed by atoms with Gasteiger partial charge in [0.25, 0.3) is 0 Å². The van der Waals surface area contributed by atoms with Crippen molar-refractivity contribution in [2.75, 3.05) is 19.6 Å². The molecule has 0 radical (unpaired) electrons. The lowest BCUT2D eigenvalue weighted by molar-refractivity contribution is -0.143. The van der Waals surface area contributed by atoms with Crippen LogP contribution in [-0.4, -0.2) is 295 Å². The largest absolute Gasteiger partial charge is 0.481 e. The van der Waals surface area contributed by atoms with Crippen LogP contribution in [0.4, 0.5) is 0 Å². The van der Waals surface area contributed by atoms with E-state index in [2.05, 4.69) is 79.8 Å². The highest BCUT2D eigenvalue weighted by molar-refractivity contribution is 6.03. The summed E-state index contributed by atoms with van der Waals surface area (Å²) in [5.41, 5.74) is 33.5. The number of primary amides is 3. The molecule has 0 aromatic rings. The van der Waals surface area contributed by atoms with Crippen LogP contribution in [0.2, 0.25) is 0 Å². The first-order valence-corrected chi connectivity index (χ1v) is 43.3. The third-order valence-electron chi connectivity index (χ3n) is 20.9. The zero-order valence-electron chi connectivity index (χ0n) is 76.5. The van der Waals surface area contributed by atoms with Gasteiger partial charge in [0.1, 0.15) is 96.7 Å². The Morgan fingerprint density at radius 3 is 1.02 bits per heavy atom. The van der Waals surface area contributed by atoms with Gasteiger partial charge in [-0.25, -0.2) is 4.79 Å². The Kier molecular flexibility index (Phi) is 51.1. The highest BCUT2D eigenvalue weighted by Crippen LogP contribution is 2.22. The SMILES string of the molecule is CC[C@H](C)[C@H](NC(=O)[C@H](CC(=O)O)NC(=O)[C@H](CCCCN)NC(=O)[C@@H](NC(=O)[C@H](CC(N)=O)NC(=O)[C@H](CC(=O)O)NC(=O)[C@@H](NC(=O)[C@@H](NC(=O)[C@@H]1CCCN1C(=O)[C@@H](N)CC(N)=O)C(C)C)[C@@H](C)O)C(C)C)C(=O)N[C@H](C(=O)N[C@@H](CCCCN)C(=O)N[C@@H](CC(C)C)C(=O)N[C@H](C(=O)N[C@@H](C)C(=O)N[C@@H](CC(N)=O)C(=O)N[C@@H](CC(C)C)C(=O)O)C(C)C)[C@@H](C)O. The number of unbranched alkanes of at least 4 members (excludes halogenated alkanes) is 2. The fraction of sp³-hybridized carbons (Fsp3) is 0.728. The molecule has 1 aliphatic heterocycles. The molecule has 20 atom stereocenters. The number of aliphatic hydroxyl groups excluding tert-OH is 2. The molecule has 1 rings (SSSR count). The predicted octanol–water partition coefficient (Wildman–Crippen LogP) is -8.62. The second-order valence-electron chi connectivity index (χ2n) is 34.4. The van der Waals surface area contributed by atoms with Gasteiger partial charge in [0.2, 0.25) is 112 Å². The van der Waals surface area contributed by atoms with Crippen LogP contribution in [0.5, 0.6) is 0 Å². The zero-order valence-corrected chi connectivity index (χ0v) is 76.5. The Balaban J connectivity index is 3.62. The van der Waals surface area contributed by atoms with Crippen LogP contribution >= 0.6 is 0 Å². The minimum Gasteiger partial charge on any atom is -0.481 e. The summed E-state index contributed by atoms with van der Waals surface area (Å²) in [5, 5.41) is 87.2. The number of hydrogen-bond donors (Lipinski definition) is 26. The number of nitrogens with two attached hydrogens (primary N) is 6. The standard InChI is InChI=1S/C81H140N22O27/c1-16-40(12)62(77(125)102-63(42(14)104)78(126)90-46(23-18-20-26-83)66(114)92-47(28-35(2)3)70(118)97-59(37(6)7)74(122)88-41(13)65(113)91-48(31-55(86)107)68(116)96-52(81(129)130)29-36(4)5)100-72(120)51(34-58(111)112)94-67(115)45(22-17-19-25-82)89-75(123)60(38(8)9)98-71(119)49(32-56(87)108)93-69(117)50(33-57(109)110)95-79(127)64(43(15)105)101-76(124)61(39(10)11)99-73(121)53-24-21-27-103(53)80(128)44(84)30-54(85)106/h35-53,59-64,104-105H,16-34,82-84H2,1-15H3,(H2,85,106)(H2,86,107)(H2,87,108)(H,88,122)(H,89,123)(H,90,126)(H,91,113)(H,92,114)(H,93,117)(H,94,115)(H,95,127)(H,96,116)(H,97,118)(H,98,119)(H,99,121)(H,100,120)(H,101,124)(H,102,125)(H,109,110)(H,111,112)(H,129,130)/t40-,41-,42+,43+,44-,45-,46-,47-,48-,49-,50-,51-,52-,53-,59-,60-,61-,62-,63-,64-/m0/s1. The molecule has 0 saturated carbocycles. The van der Waals surface area contributed by atoms with Crippen molar-refractivity contribution in [1.29, 1.82) is 0 Å². The molecule has 1 fully saturated rings. The quantitative estimate of drug-likeness (QED) is 0.0252. The summed E-state index contributed by atoms with van der Waals surface area (Å²) in [5.74, 6) is -29.6. The Labute approximate surface area is 754 Å². The first kappa shape index (κ1) is 116. The number of carbonyl (C=O) groups excluding carboxylic acids is 19. The van der Waals surface area contributed by atoms with E-state index < -0.39 is 301 Å². The number of aliphatic hydroxyl groups is 2. The van der Waals surface area contributed by atoms with Crippen LogP contribution in [0.1, 0.15) is 207 Å². The number of rotatable bonds is 61. The minimum absolute atomic E-state index is 0.00617. The smallest absolute Gasteiger partial charge is 0.326 e. The number of carboxylic acids is 3. The van der Waals surface area contributed by atoms with Gasteiger partial charge in [-0.15, -0.1) is 0 Å². The summed E-state index contributed by atoms with van der Waals surface area (Å²) in [7, 11) is 0. The summed E-state index contributed by atoms with van der Waals surface area (Å²) >= 11 is 0. The number of carbonyl (C=O) groups is 22. The van der Waals surface area contributed by atoms with E-state index in [4.69, 9.17) is 34.4 Å². The van der Waals surface area contributed by atoms with E-state index in [1.54, 1.807) is 48.5 Å². The molecule has 49 nitrogen and oxygen atoms in total. The summed E-state index contributed by atoms with van der Waals surface area (Å²) in [6, 6.07) is -28.4. The van der Waals surface area contributed by atoms with Gasteiger partial charge in [-0.3, -0.25) is 101 Å². The summed E-state index contributed by atoms with van der Waals surface area (Å²) in [4.78, 5) is 299. The molecule has 0 aromatic carbocycles. The van der Waals surface area contributed by atoms with Crippen molar-refractivity contribution < 1.29 is 131 Å². The maximum absolute atomic E-state index is 14.5. The molecule has 1 heterocycles. The Hall–Kier alpha value is -11.9. The van der Waals surface area contributed by atoms with Gasteiger partial charge in [0, 0.05) is 6.54 Å². The van der Waals surface area contributed by atoms with Gasteiger partial charge in [-0.05, 0) is 134 Å². The van der Waals surface area contributed by atoms with Gasteiger partial charge in [0.15, 0.2) is 0 Å². The topological polar surface area (TPSA) is 817 Å². The number of amides is 19. The highest BCUT2D eigenvalue weighted by Gasteiger charge is 2.44. The number of likely N-dealkylation sites (tertiary alicyclic amines) is 1. The number of carboxylic acid groups (broad SMARTS) is 3. The number of aliphatic carboxylic acids is 3. The van der Waals surface area contributed by atoms with Crippen molar-refractivity contribution in [2.45, 2.75) is 322 Å². The van der Waals surface area contributed by atoms with E-state index in [0.717, 1.165) is 18.7 Å². The molecular formula is C81H140N22O27. The lowest BCUT2D eigenvalue weighted by Gasteiger charge is -2.31. The molecule has 0 aliphatic carbocycles. The van der Waals surface area contributed by atoms with E-state index in [0.29, 0.717) is 12.8 Å². The van der Waals surface area contributed by atoms with Crippen LogP contribution in [-0.2, 0) is 105 Å². The Bertz CT molecular complexity index is 3940. The van der Waals surface area contributed by atoms with Gasteiger partial charge in [0.05, 0.1) is 50.4 Å². The Morgan fingerprint density at radius 1 is 0.346 bits per heavy atom. The second-order valence-corrected chi connectivity index (χ2v) is 34.4. The van der Waals surface area contributed by atoms with E-state index in [9.17, 15) is 131 Å². The third-order valence-corrected chi connectivity index (χ3v) is 20.9. The van der Waals surface area contributed by atoms with E-state index >= 15 is 0 Å². The van der Waals surface area contributed by atoms with Crippen molar-refractivity contribution in [3.05, 3.63) is 0 Å². The minimum atomic E-state index is -2.18. The first-order chi connectivity index (χ1) is 60.4. The van der Waals surface area contributed by atoms with Crippen LogP contribution in [0.15, 0.2) is 0 Å². The van der Waals surface area contributed by atoms with Gasteiger partial charge < -0.3 is 145 Å². The number of nitrogens with zero attached hydrogens (tertiary/aromatic N) is 1. The molecular weight excluding hydrogens is 1710 g/mol. The third kappa shape index (κ3) is 40.9. The zero-order chi connectivity index (χ0) is 99.8. The van der Waals surface area contributed by atoms with Crippen LogP contribution < -0.4 is 114 Å². The molecule has 1 aliphatic rings. The van der Waals surface area contributed by atoms with E-state index in [1.807, 2.05) is 0 Å². The lowest BCUT2D eigenvalue weighted by Crippen LogP contribution is -2.63. The van der Waals surface area contributed by atoms with E-state index in [-0.39, 0.29) is 89.3 Å². The van der Waals surface area contributed by atoms with Crippen LogP contribution in [0, 0.1) is 35.5 Å². The number of nitrogens with one attached hydrogen (secondary N) is 15. The second kappa shape index (κ2) is 57.2. The monoisotopic (exact) mass is 1850 g/mol. The molecule has 0 aromatic heterocycles. The molecule has 736 valence electrons. The molecule has 0 spiro atoms. The fourth-order valence-corrected chi connectivity index (χ4v) is 13.5. The maximum atomic E-state index is 14.5. The predicted molar refractivity (Wildman–Crippen MR) is 463 cm³/mol. The molecule has 19 amide bonds. The molecule has 0 unspecified atom stereocenters. The van der Waals surface area contributed by atoms with Gasteiger partial charge in [-0.2, -0.15) is 0 Å². The Morgan fingerprint density at radius 2 is 0.646 bits per heavy atom. The molecule has 49 heteroatoms. The van der Waals surface area contributed by atoms with Gasteiger partial charge in [-0.1, -0.05) is 89.5 Å². The number of hydrogen-bond acceptors (Lipinski definition) is 27. The fourth-order valence-electron chi connectivity index (χ4n) is 13.5. The van der Waals surface area contributed by atoms with Crippen molar-refractivity contribution >= 4 is 130 Å². The molecule has 1 saturated heterocycles. The van der Waals surface area contributed by atoms with Crippen molar-refractivity contribution in [3.63, 3.8) is 0 Å². The summed E-state index contributed by atoms with van der Waals surface area (Å²) in [6.45, 7) is 22.3. The normalized spacial score (nSPS) is 16.9. The highest BCUT2D eigenvalue weighted by atomic mass is 16.4. The van der Waals surface area contributed by atoms with Crippen molar-refractivity contribution in [2.24, 2.45) is 69.9 Å². The summed E-state index contributed by atoms with van der Waals surface area (Å²) in [6.07, 6.45) is -7.61. The van der Waals surface area contributed by atoms with Gasteiger partial charge >= 0.3 is 17.9 Å². The maximum Gasteiger partial charge on any atom is 0.326 e. The molecule has 0 bridgehead atoms. The first-order valence-electron chi connectivity index (χ1n) is 43.3. The van der Waals surface area contributed by atoms with Crippen LogP contribution in [0.25, 0.3) is 0 Å².